The van der Waals surface area contributed by atoms with Gasteiger partial charge in [0.05, 0.1) is 11.8 Å². The number of carbonyl (C=O) groups is 1. The lowest BCUT2D eigenvalue weighted by Crippen LogP contribution is -2.38. The quantitative estimate of drug-likeness (QED) is 0.661. The molecule has 0 aliphatic heterocycles. The van der Waals surface area contributed by atoms with Crippen LogP contribution in [0.4, 0.5) is 0 Å². The van der Waals surface area contributed by atoms with Crippen LogP contribution in [0, 0.1) is 0 Å². The molecule has 7 heteroatoms. The SMILES string of the molecule is Cn1cc(-c2c[nH]cc2C(=O)NCC(C)(C)c2cccc(=O)[nH]2)cn1. The van der Waals surface area contributed by atoms with Gasteiger partial charge in [0.1, 0.15) is 0 Å². The smallest absolute Gasteiger partial charge is 0.253 e. The number of hydrogen-bond acceptors (Lipinski definition) is 3. The molecule has 3 aromatic rings. The minimum Gasteiger partial charge on any atom is -0.366 e. The third kappa shape index (κ3) is 3.55. The van der Waals surface area contributed by atoms with Crippen LogP contribution in [-0.2, 0) is 12.5 Å². The van der Waals surface area contributed by atoms with Gasteiger partial charge in [0.15, 0.2) is 0 Å². The second kappa shape index (κ2) is 6.43. The molecule has 1 amide bonds. The Balaban J connectivity index is 1.75. The number of nitrogens with zero attached hydrogens (tertiary/aromatic N) is 2. The monoisotopic (exact) mass is 339 g/mol. The van der Waals surface area contributed by atoms with Crippen LogP contribution < -0.4 is 10.9 Å². The van der Waals surface area contributed by atoms with Crippen molar-refractivity contribution in [3.8, 4) is 11.1 Å². The van der Waals surface area contributed by atoms with Crippen molar-refractivity contribution in [3.63, 3.8) is 0 Å². The normalized spacial score (nSPS) is 11.5. The highest BCUT2D eigenvalue weighted by molar-refractivity contribution is 6.00. The minimum absolute atomic E-state index is 0.151. The van der Waals surface area contributed by atoms with Crippen molar-refractivity contribution in [2.24, 2.45) is 7.05 Å². The van der Waals surface area contributed by atoms with E-state index in [2.05, 4.69) is 20.4 Å². The fourth-order valence-electron chi connectivity index (χ4n) is 2.69. The summed E-state index contributed by atoms with van der Waals surface area (Å²) in [5.41, 5.74) is 2.46. The highest BCUT2D eigenvalue weighted by atomic mass is 16.1. The first-order valence-corrected chi connectivity index (χ1v) is 8.01. The molecule has 0 atom stereocenters. The third-order valence-electron chi connectivity index (χ3n) is 4.19. The van der Waals surface area contributed by atoms with E-state index in [1.54, 1.807) is 29.3 Å². The van der Waals surface area contributed by atoms with E-state index < -0.39 is 5.41 Å². The zero-order valence-electron chi connectivity index (χ0n) is 14.5. The van der Waals surface area contributed by atoms with E-state index in [1.807, 2.05) is 33.2 Å². The molecule has 0 fully saturated rings. The second-order valence-electron chi connectivity index (χ2n) is 6.68. The summed E-state index contributed by atoms with van der Waals surface area (Å²) < 4.78 is 1.69. The van der Waals surface area contributed by atoms with Gasteiger partial charge in [-0.15, -0.1) is 0 Å². The molecule has 0 spiro atoms. The maximum Gasteiger partial charge on any atom is 0.253 e. The zero-order chi connectivity index (χ0) is 18.0. The van der Waals surface area contributed by atoms with Crippen LogP contribution in [0.3, 0.4) is 0 Å². The summed E-state index contributed by atoms with van der Waals surface area (Å²) in [5.74, 6) is -0.175. The summed E-state index contributed by atoms with van der Waals surface area (Å²) in [6.45, 7) is 4.33. The number of rotatable bonds is 5. The van der Waals surface area contributed by atoms with Crippen molar-refractivity contribution in [2.75, 3.05) is 6.54 Å². The minimum atomic E-state index is -0.402. The number of aryl methyl sites for hydroxylation is 1. The number of carbonyl (C=O) groups excluding carboxylic acids is 1. The predicted octanol–water partition coefficient (Wildman–Crippen LogP) is 1.81. The molecule has 0 saturated heterocycles. The molecule has 130 valence electrons. The lowest BCUT2D eigenvalue weighted by atomic mass is 9.88. The van der Waals surface area contributed by atoms with E-state index >= 15 is 0 Å². The van der Waals surface area contributed by atoms with Crippen molar-refractivity contribution >= 4 is 5.91 Å². The van der Waals surface area contributed by atoms with Crippen LogP contribution in [-0.4, -0.2) is 32.2 Å². The molecular formula is C18H21N5O2. The molecule has 0 aliphatic rings. The van der Waals surface area contributed by atoms with E-state index in [0.717, 1.165) is 16.8 Å². The van der Waals surface area contributed by atoms with Crippen molar-refractivity contribution in [1.82, 2.24) is 25.1 Å². The molecule has 0 aromatic carbocycles. The molecule has 3 heterocycles. The van der Waals surface area contributed by atoms with Crippen LogP contribution >= 0.6 is 0 Å². The Morgan fingerprint density at radius 3 is 2.80 bits per heavy atom. The fraction of sp³-hybridized carbons (Fsp3) is 0.278. The maximum atomic E-state index is 12.6. The zero-order valence-corrected chi connectivity index (χ0v) is 14.5. The van der Waals surface area contributed by atoms with Gasteiger partial charge >= 0.3 is 0 Å². The molecule has 3 N–H and O–H groups in total. The van der Waals surface area contributed by atoms with Gasteiger partial charge < -0.3 is 15.3 Å². The molecule has 0 aliphatic carbocycles. The van der Waals surface area contributed by atoms with Crippen LogP contribution in [0.2, 0.25) is 0 Å². The highest BCUT2D eigenvalue weighted by Crippen LogP contribution is 2.23. The second-order valence-corrected chi connectivity index (χ2v) is 6.68. The van der Waals surface area contributed by atoms with Crippen LogP contribution in [0.25, 0.3) is 11.1 Å². The topological polar surface area (TPSA) is 95.6 Å². The van der Waals surface area contributed by atoms with Crippen LogP contribution in [0.15, 0.2) is 47.8 Å². The van der Waals surface area contributed by atoms with Crippen molar-refractivity contribution in [3.05, 3.63) is 64.6 Å². The Kier molecular flexibility index (Phi) is 4.31. The van der Waals surface area contributed by atoms with Gasteiger partial charge in [-0.2, -0.15) is 5.10 Å². The van der Waals surface area contributed by atoms with Crippen LogP contribution in [0.5, 0.6) is 0 Å². The van der Waals surface area contributed by atoms with Crippen molar-refractivity contribution < 1.29 is 4.79 Å². The highest BCUT2D eigenvalue weighted by Gasteiger charge is 2.24. The Bertz CT molecular complexity index is 948. The van der Waals surface area contributed by atoms with Gasteiger partial charge in [-0.3, -0.25) is 14.3 Å². The Hall–Kier alpha value is -3.09. The number of aromatic nitrogens is 4. The molecule has 0 saturated carbocycles. The Morgan fingerprint density at radius 2 is 2.12 bits per heavy atom. The summed E-state index contributed by atoms with van der Waals surface area (Å²) >= 11 is 0. The molecule has 3 aromatic heterocycles. The standard InChI is InChI=1S/C18H21N5O2/c1-18(2,15-5-4-6-16(24)22-15)11-20-17(25)14-9-19-8-13(14)12-7-21-23(3)10-12/h4-10,19H,11H2,1-3H3,(H,20,25)(H,22,24). The molecule has 0 unspecified atom stereocenters. The van der Waals surface area contributed by atoms with E-state index in [0.29, 0.717) is 12.1 Å². The van der Waals surface area contributed by atoms with Crippen molar-refractivity contribution in [1.29, 1.82) is 0 Å². The average Bonchev–Trinajstić information content (AvgIpc) is 3.21. The van der Waals surface area contributed by atoms with Gasteiger partial charge in [0, 0.05) is 60.5 Å². The van der Waals surface area contributed by atoms with Gasteiger partial charge in [-0.1, -0.05) is 19.9 Å². The number of amides is 1. The number of hydrogen-bond donors (Lipinski definition) is 3. The molecule has 0 bridgehead atoms. The summed E-state index contributed by atoms with van der Waals surface area (Å²) in [7, 11) is 1.83. The molecule has 0 radical (unpaired) electrons. The first kappa shape index (κ1) is 16.8. The van der Waals surface area contributed by atoms with Gasteiger partial charge in [0.2, 0.25) is 5.56 Å². The van der Waals surface area contributed by atoms with Crippen molar-refractivity contribution in [2.45, 2.75) is 19.3 Å². The van der Waals surface area contributed by atoms with E-state index in [-0.39, 0.29) is 11.5 Å². The Labute approximate surface area is 145 Å². The first-order valence-electron chi connectivity index (χ1n) is 8.01. The van der Waals surface area contributed by atoms with Crippen LogP contribution in [0.1, 0.15) is 29.9 Å². The predicted molar refractivity (Wildman–Crippen MR) is 95.4 cm³/mol. The van der Waals surface area contributed by atoms with Gasteiger partial charge in [-0.25, -0.2) is 0 Å². The lowest BCUT2D eigenvalue weighted by Gasteiger charge is -2.25. The summed E-state index contributed by atoms with van der Waals surface area (Å²) in [4.78, 5) is 29.9. The first-order chi connectivity index (χ1) is 11.9. The maximum absolute atomic E-state index is 12.6. The largest absolute Gasteiger partial charge is 0.366 e. The summed E-state index contributed by atoms with van der Waals surface area (Å²) in [6, 6.07) is 5.04. The lowest BCUT2D eigenvalue weighted by molar-refractivity contribution is 0.0946. The third-order valence-corrected chi connectivity index (χ3v) is 4.19. The van der Waals surface area contributed by atoms with E-state index in [1.165, 1.54) is 6.07 Å². The summed E-state index contributed by atoms with van der Waals surface area (Å²) in [6.07, 6.45) is 7.04. The van der Waals surface area contributed by atoms with Gasteiger partial charge in [-0.05, 0) is 6.07 Å². The fourth-order valence-corrected chi connectivity index (χ4v) is 2.69. The Morgan fingerprint density at radius 1 is 1.32 bits per heavy atom. The van der Waals surface area contributed by atoms with E-state index in [9.17, 15) is 9.59 Å². The number of aromatic amines is 2. The number of nitrogens with one attached hydrogen (secondary N) is 3. The molecular weight excluding hydrogens is 318 g/mol. The molecule has 25 heavy (non-hydrogen) atoms. The molecule has 7 nitrogen and oxygen atoms in total. The number of pyridine rings is 1. The molecule has 3 rings (SSSR count). The average molecular weight is 339 g/mol. The van der Waals surface area contributed by atoms with E-state index in [4.69, 9.17) is 0 Å². The summed E-state index contributed by atoms with van der Waals surface area (Å²) in [5, 5.41) is 7.10. The van der Waals surface area contributed by atoms with Gasteiger partial charge in [0.25, 0.3) is 5.91 Å². The number of H-pyrrole nitrogens is 2.